The number of hydrogen-bond acceptors (Lipinski definition) is 0. The molecule has 0 saturated heterocycles. The Morgan fingerprint density at radius 2 is 1.33 bits per heavy atom. The van der Waals surface area contributed by atoms with Crippen LogP contribution >= 0.6 is 9.12 Å². The van der Waals surface area contributed by atoms with Crippen molar-refractivity contribution < 1.29 is 1.43 Å². The third kappa shape index (κ3) is 224. The molecular weight excluding hydrogens is 89.8 g/mol. The summed E-state index contributed by atoms with van der Waals surface area (Å²) < 4.78 is 0. The van der Waals surface area contributed by atoms with Gasteiger partial charge in [-0.05, 0) is 0 Å². The molecule has 0 aromatic carbocycles. The van der Waals surface area contributed by atoms with E-state index >= 15 is 0 Å². The fourth-order valence-electron chi connectivity index (χ4n) is 0. The quantitative estimate of drug-likeness (QED) is 0.330. The van der Waals surface area contributed by atoms with Crippen LogP contribution in [0.4, 0.5) is 0 Å². The van der Waals surface area contributed by atoms with Crippen molar-refractivity contribution in [1.29, 1.82) is 0 Å². The molecule has 0 N–H and O–H groups in total. The molecule has 41 valence electrons. The Kier molecular flexibility index (Phi) is 261. The van der Waals surface area contributed by atoms with Gasteiger partial charge in [0.25, 0.3) is 0 Å². The van der Waals surface area contributed by atoms with E-state index in [1.165, 1.54) is 0 Å². The molecule has 0 aliphatic carbocycles. The van der Waals surface area contributed by atoms with Crippen LogP contribution in [0.15, 0.2) is 0 Å². The molecule has 0 aliphatic rings. The molecule has 0 spiro atoms. The lowest BCUT2D eigenvalue weighted by atomic mass is 10.2. The van der Waals surface area contributed by atoms with Crippen LogP contribution in [0.25, 0.3) is 0 Å². The second-order valence-corrected chi connectivity index (χ2v) is 1.00. The summed E-state index contributed by atoms with van der Waals surface area (Å²) in [6.45, 7) is 3.88. The SMILES string of the molecule is C.C.C.C[B]P.[H+]. The van der Waals surface area contributed by atoms with Crippen molar-refractivity contribution in [1.82, 2.24) is 0 Å². The largest absolute Gasteiger partial charge is 1.00 e. The van der Waals surface area contributed by atoms with Gasteiger partial charge in [-0.3, -0.25) is 0 Å². The number of rotatable bonds is 0. The molecule has 0 aromatic rings. The summed E-state index contributed by atoms with van der Waals surface area (Å²) in [5, 5.41) is 0. The minimum absolute atomic E-state index is 0. The summed E-state index contributed by atoms with van der Waals surface area (Å²) >= 11 is 0. The van der Waals surface area contributed by atoms with Gasteiger partial charge < -0.3 is 0 Å². The Labute approximate surface area is 47.6 Å². The maximum atomic E-state index is 2.45. The molecule has 0 aliphatic heterocycles. The van der Waals surface area contributed by atoms with Gasteiger partial charge in [0.1, 0.15) is 7.00 Å². The van der Waals surface area contributed by atoms with E-state index in [4.69, 9.17) is 0 Å². The summed E-state index contributed by atoms with van der Waals surface area (Å²) in [6.07, 6.45) is 0. The summed E-state index contributed by atoms with van der Waals surface area (Å²) in [5.41, 5.74) is 0. The van der Waals surface area contributed by atoms with Crippen LogP contribution in [0.1, 0.15) is 23.7 Å². The van der Waals surface area contributed by atoms with Crippen molar-refractivity contribution in [2.45, 2.75) is 29.1 Å². The highest BCUT2D eigenvalue weighted by atomic mass is 31.0. The molecular formula is C4H18BP+. The fraction of sp³-hybridized carbons (Fsp3) is 1.00. The molecule has 0 fully saturated rings. The van der Waals surface area contributed by atoms with E-state index in [1.54, 1.807) is 0 Å². The Bertz CT molecular complexity index is 11.7. The highest BCUT2D eigenvalue weighted by molar-refractivity contribution is 7.55. The van der Waals surface area contributed by atoms with Crippen LogP contribution in [0.5, 0.6) is 0 Å². The zero-order valence-corrected chi connectivity index (χ0v) is 3.31. The lowest BCUT2D eigenvalue weighted by Crippen LogP contribution is -1.43. The molecule has 0 amide bonds. The lowest BCUT2D eigenvalue weighted by Gasteiger charge is -1.42. The van der Waals surface area contributed by atoms with E-state index in [0.29, 0.717) is 0 Å². The highest BCUT2D eigenvalue weighted by Gasteiger charge is 1.42. The van der Waals surface area contributed by atoms with Gasteiger partial charge >= 0.3 is 1.43 Å². The van der Waals surface area contributed by atoms with Crippen LogP contribution in [0.3, 0.4) is 0 Å². The van der Waals surface area contributed by atoms with Crippen LogP contribution in [0, 0.1) is 0 Å². The van der Waals surface area contributed by atoms with E-state index < -0.39 is 0 Å². The smallest absolute Gasteiger partial charge is 0.178 e. The predicted octanol–water partition coefficient (Wildman–Crippen LogP) is 2.55. The van der Waals surface area contributed by atoms with Gasteiger partial charge in [0.15, 0.2) is 0 Å². The van der Waals surface area contributed by atoms with E-state index in [9.17, 15) is 0 Å². The maximum Gasteiger partial charge on any atom is 1.00 e. The first kappa shape index (κ1) is 31.5. The molecule has 0 saturated carbocycles. The Morgan fingerprint density at radius 3 is 1.33 bits per heavy atom. The van der Waals surface area contributed by atoms with Gasteiger partial charge in [0.2, 0.25) is 0 Å². The Balaban J connectivity index is -0.00000000333. The average Bonchev–Trinajstić information content (AvgIpc) is 0.918. The van der Waals surface area contributed by atoms with Crippen LogP contribution in [0.2, 0.25) is 6.82 Å². The lowest BCUT2D eigenvalue weighted by molar-refractivity contribution is 2.38. The van der Waals surface area contributed by atoms with E-state index in [2.05, 4.69) is 9.12 Å². The van der Waals surface area contributed by atoms with Crippen molar-refractivity contribution in [3.63, 3.8) is 0 Å². The molecule has 1 unspecified atom stereocenters. The summed E-state index contributed by atoms with van der Waals surface area (Å²) in [6, 6.07) is 0. The average molecular weight is 108 g/mol. The van der Waals surface area contributed by atoms with Gasteiger partial charge in [-0.1, -0.05) is 29.1 Å². The molecule has 0 aromatic heterocycles. The zero-order chi connectivity index (χ0) is 2.71. The third-order valence-corrected chi connectivity index (χ3v) is 0. The van der Waals surface area contributed by atoms with Crippen molar-refractivity contribution in [3.8, 4) is 0 Å². The van der Waals surface area contributed by atoms with E-state index in [1.807, 2.05) is 13.8 Å². The predicted molar refractivity (Wildman–Crippen MR) is 42.6 cm³/mol. The van der Waals surface area contributed by atoms with E-state index in [0.717, 1.165) is 0 Å². The van der Waals surface area contributed by atoms with Crippen molar-refractivity contribution in [2.75, 3.05) is 0 Å². The molecule has 1 atom stereocenters. The van der Waals surface area contributed by atoms with Gasteiger partial charge in [0, 0.05) is 0 Å². The maximum absolute atomic E-state index is 2.45. The van der Waals surface area contributed by atoms with E-state index in [-0.39, 0.29) is 23.7 Å². The van der Waals surface area contributed by atoms with Crippen molar-refractivity contribution in [3.05, 3.63) is 0 Å². The molecule has 6 heavy (non-hydrogen) atoms. The standard InChI is InChI=1S/CH5BP.3CH4/c1-2-3;;;/h3H2,1H3;3*1H4/p+1. The van der Waals surface area contributed by atoms with Crippen molar-refractivity contribution >= 4 is 16.1 Å². The van der Waals surface area contributed by atoms with Gasteiger partial charge in [0.05, 0.1) is 0 Å². The number of hydrogen-bond donors (Lipinski definition) is 0. The van der Waals surface area contributed by atoms with Gasteiger partial charge in [-0.2, -0.15) is 9.12 Å². The monoisotopic (exact) mass is 108 g/mol. The highest BCUT2D eigenvalue weighted by Crippen LogP contribution is 1.63. The van der Waals surface area contributed by atoms with Gasteiger partial charge in [-0.25, -0.2) is 0 Å². The summed E-state index contributed by atoms with van der Waals surface area (Å²) in [7, 11) is 2.45. The van der Waals surface area contributed by atoms with Crippen LogP contribution < -0.4 is 0 Å². The summed E-state index contributed by atoms with van der Waals surface area (Å²) in [4.78, 5) is 0. The fourth-order valence-corrected chi connectivity index (χ4v) is 0. The Morgan fingerprint density at radius 1 is 1.33 bits per heavy atom. The minimum atomic E-state index is 0. The second kappa shape index (κ2) is 49.7. The molecule has 1 radical (unpaired) electrons. The summed E-state index contributed by atoms with van der Waals surface area (Å²) in [5.74, 6) is 0. The van der Waals surface area contributed by atoms with Crippen molar-refractivity contribution in [2.24, 2.45) is 0 Å². The normalized spacial score (nSPS) is 2.33. The van der Waals surface area contributed by atoms with Crippen LogP contribution in [-0.4, -0.2) is 7.00 Å². The molecule has 0 heterocycles. The minimum Gasteiger partial charge on any atom is -0.178 e. The molecule has 0 rings (SSSR count). The first-order valence-electron chi connectivity index (χ1n) is 0.911. The molecule has 0 bridgehead atoms. The topological polar surface area (TPSA) is 0 Å². The molecule has 0 nitrogen and oxygen atoms in total. The Hall–Kier alpha value is 0.495. The zero-order valence-electron chi connectivity index (χ0n) is 3.15. The second-order valence-electron chi connectivity index (χ2n) is 0.333. The first-order chi connectivity index (χ1) is 1.41. The first-order valence-corrected chi connectivity index (χ1v) is 1.58. The van der Waals surface area contributed by atoms with Crippen LogP contribution in [-0.2, 0) is 0 Å². The van der Waals surface area contributed by atoms with Gasteiger partial charge in [-0.15, -0.1) is 0 Å². The third-order valence-electron chi connectivity index (χ3n) is 0. The molecule has 2 heteroatoms.